The second-order valence-electron chi connectivity index (χ2n) is 5.68. The number of hydrogen-bond acceptors (Lipinski definition) is 3. The van der Waals surface area contributed by atoms with E-state index in [1.165, 1.54) is 44.9 Å². The summed E-state index contributed by atoms with van der Waals surface area (Å²) in [5.41, 5.74) is 0. The fourth-order valence-electron chi connectivity index (χ4n) is 2.77. The van der Waals surface area contributed by atoms with Crippen LogP contribution in [0, 0.1) is 5.92 Å². The number of ether oxygens (including phenoxy) is 2. The van der Waals surface area contributed by atoms with Gasteiger partial charge in [0.15, 0.2) is 5.96 Å². The number of hydrogen-bond donors (Lipinski definition) is 2. The first kappa shape index (κ1) is 18.2. The second kappa shape index (κ2) is 12.9. The third-order valence-electron chi connectivity index (χ3n) is 4.00. The molecule has 1 fully saturated rings. The highest BCUT2D eigenvalue weighted by Gasteiger charge is 2.13. The lowest BCUT2D eigenvalue weighted by molar-refractivity contribution is 0.0733. The van der Waals surface area contributed by atoms with Gasteiger partial charge in [-0.05, 0) is 12.3 Å². The van der Waals surface area contributed by atoms with Crippen LogP contribution in [0.3, 0.4) is 0 Å². The van der Waals surface area contributed by atoms with Crippen molar-refractivity contribution in [1.82, 2.24) is 10.6 Å². The average molecular weight is 299 g/mol. The molecule has 0 bridgehead atoms. The van der Waals surface area contributed by atoms with E-state index in [2.05, 4.69) is 15.6 Å². The summed E-state index contributed by atoms with van der Waals surface area (Å²) in [6.45, 7) is 3.73. The molecule has 0 heterocycles. The number of unbranched alkanes of at least 4 members (excludes halogenated alkanes) is 1. The zero-order valence-electron chi connectivity index (χ0n) is 13.8. The van der Waals surface area contributed by atoms with Gasteiger partial charge in [0.05, 0.1) is 19.8 Å². The zero-order valence-corrected chi connectivity index (χ0v) is 13.8. The summed E-state index contributed by atoms with van der Waals surface area (Å²) >= 11 is 0. The fraction of sp³-hybridized carbons (Fsp3) is 0.938. The third kappa shape index (κ3) is 9.69. The van der Waals surface area contributed by atoms with Crippen LogP contribution >= 0.6 is 0 Å². The quantitative estimate of drug-likeness (QED) is 0.349. The summed E-state index contributed by atoms with van der Waals surface area (Å²) < 4.78 is 10.3. The van der Waals surface area contributed by atoms with Crippen LogP contribution in [0.5, 0.6) is 0 Å². The van der Waals surface area contributed by atoms with Crippen molar-refractivity contribution in [1.29, 1.82) is 0 Å². The Morgan fingerprint density at radius 2 is 1.81 bits per heavy atom. The van der Waals surface area contributed by atoms with Gasteiger partial charge in [-0.25, -0.2) is 0 Å². The standard InChI is InChI=1S/C16H33N3O2/c1-17-16(19-11-12-21-14-13-20-2)18-10-6-5-9-15-7-3-4-8-15/h15H,3-14H2,1-2H3,(H2,17,18,19). The van der Waals surface area contributed by atoms with E-state index in [1.807, 2.05) is 0 Å². The lowest BCUT2D eigenvalue weighted by Crippen LogP contribution is -2.39. The Hall–Kier alpha value is -0.810. The van der Waals surface area contributed by atoms with Crippen molar-refractivity contribution in [3.8, 4) is 0 Å². The van der Waals surface area contributed by atoms with Crippen molar-refractivity contribution in [2.24, 2.45) is 10.9 Å². The maximum absolute atomic E-state index is 5.40. The van der Waals surface area contributed by atoms with E-state index < -0.39 is 0 Å². The minimum absolute atomic E-state index is 0.644. The predicted octanol–water partition coefficient (Wildman–Crippen LogP) is 2.17. The molecule has 1 rings (SSSR count). The lowest BCUT2D eigenvalue weighted by atomic mass is 10.0. The van der Waals surface area contributed by atoms with E-state index in [4.69, 9.17) is 9.47 Å². The molecule has 0 amide bonds. The molecule has 21 heavy (non-hydrogen) atoms. The van der Waals surface area contributed by atoms with E-state index in [1.54, 1.807) is 14.2 Å². The smallest absolute Gasteiger partial charge is 0.191 e. The van der Waals surface area contributed by atoms with Crippen molar-refractivity contribution < 1.29 is 9.47 Å². The summed E-state index contributed by atoms with van der Waals surface area (Å²) in [5.74, 6) is 1.87. The van der Waals surface area contributed by atoms with Gasteiger partial charge in [-0.2, -0.15) is 0 Å². The first-order chi connectivity index (χ1) is 10.4. The number of rotatable bonds is 11. The lowest BCUT2D eigenvalue weighted by Gasteiger charge is -2.13. The molecular formula is C16H33N3O2. The minimum atomic E-state index is 0.644. The maximum atomic E-state index is 5.40. The second-order valence-corrected chi connectivity index (χ2v) is 5.68. The van der Waals surface area contributed by atoms with Crippen LogP contribution in [0.2, 0.25) is 0 Å². The van der Waals surface area contributed by atoms with Crippen LogP contribution in [0.4, 0.5) is 0 Å². The van der Waals surface area contributed by atoms with Crippen molar-refractivity contribution in [2.75, 3.05) is 47.1 Å². The normalized spacial score (nSPS) is 16.4. The summed E-state index contributed by atoms with van der Waals surface area (Å²) in [5, 5.41) is 6.61. The molecule has 0 atom stereocenters. The molecule has 5 nitrogen and oxygen atoms in total. The highest BCUT2D eigenvalue weighted by Crippen LogP contribution is 2.28. The Bertz CT molecular complexity index is 266. The molecule has 0 aliphatic heterocycles. The van der Waals surface area contributed by atoms with Gasteiger partial charge in [0.2, 0.25) is 0 Å². The summed E-state index contributed by atoms with van der Waals surface area (Å²) in [4.78, 5) is 4.21. The Morgan fingerprint density at radius 3 is 2.52 bits per heavy atom. The van der Waals surface area contributed by atoms with Crippen molar-refractivity contribution >= 4 is 5.96 Å². The average Bonchev–Trinajstić information content (AvgIpc) is 3.01. The summed E-state index contributed by atoms with van der Waals surface area (Å²) in [6, 6.07) is 0. The summed E-state index contributed by atoms with van der Waals surface area (Å²) in [6.07, 6.45) is 9.77. The van der Waals surface area contributed by atoms with Crippen LogP contribution in [0.25, 0.3) is 0 Å². The zero-order chi connectivity index (χ0) is 15.2. The van der Waals surface area contributed by atoms with Crippen LogP contribution < -0.4 is 10.6 Å². The largest absolute Gasteiger partial charge is 0.382 e. The summed E-state index contributed by atoms with van der Waals surface area (Å²) in [7, 11) is 3.49. The van der Waals surface area contributed by atoms with E-state index in [9.17, 15) is 0 Å². The van der Waals surface area contributed by atoms with E-state index in [0.717, 1.165) is 25.0 Å². The van der Waals surface area contributed by atoms with Gasteiger partial charge in [0.25, 0.3) is 0 Å². The minimum Gasteiger partial charge on any atom is -0.382 e. The van der Waals surface area contributed by atoms with Gasteiger partial charge >= 0.3 is 0 Å². The van der Waals surface area contributed by atoms with Gasteiger partial charge < -0.3 is 20.1 Å². The maximum Gasteiger partial charge on any atom is 0.191 e. The molecule has 0 spiro atoms. The molecule has 124 valence electrons. The van der Waals surface area contributed by atoms with E-state index >= 15 is 0 Å². The van der Waals surface area contributed by atoms with Crippen LogP contribution in [-0.2, 0) is 9.47 Å². The van der Waals surface area contributed by atoms with Crippen LogP contribution in [-0.4, -0.2) is 53.0 Å². The van der Waals surface area contributed by atoms with Crippen LogP contribution in [0.1, 0.15) is 44.9 Å². The molecule has 0 saturated heterocycles. The molecule has 0 aromatic carbocycles. The Morgan fingerprint density at radius 1 is 1.05 bits per heavy atom. The number of methoxy groups -OCH3 is 1. The van der Waals surface area contributed by atoms with Gasteiger partial charge in [0.1, 0.15) is 0 Å². The SMILES string of the molecule is CN=C(NCCCCC1CCCC1)NCCOCCOC. The van der Waals surface area contributed by atoms with Gasteiger partial charge in [-0.15, -0.1) is 0 Å². The molecular weight excluding hydrogens is 266 g/mol. The monoisotopic (exact) mass is 299 g/mol. The van der Waals surface area contributed by atoms with E-state index in [0.29, 0.717) is 19.8 Å². The van der Waals surface area contributed by atoms with Gasteiger partial charge in [0, 0.05) is 27.2 Å². The molecule has 0 unspecified atom stereocenters. The molecule has 2 N–H and O–H groups in total. The first-order valence-corrected chi connectivity index (χ1v) is 8.38. The predicted molar refractivity (Wildman–Crippen MR) is 87.9 cm³/mol. The Balaban J connectivity index is 1.90. The highest BCUT2D eigenvalue weighted by atomic mass is 16.5. The topological polar surface area (TPSA) is 54.9 Å². The molecule has 0 aromatic heterocycles. The molecule has 1 saturated carbocycles. The Kier molecular flexibility index (Phi) is 11.2. The van der Waals surface area contributed by atoms with Crippen LogP contribution in [0.15, 0.2) is 4.99 Å². The fourth-order valence-corrected chi connectivity index (χ4v) is 2.77. The van der Waals surface area contributed by atoms with Crippen molar-refractivity contribution in [3.63, 3.8) is 0 Å². The molecule has 5 heteroatoms. The number of guanidine groups is 1. The number of nitrogens with zero attached hydrogens (tertiary/aromatic N) is 1. The number of nitrogens with one attached hydrogen (secondary N) is 2. The molecule has 0 radical (unpaired) electrons. The Labute approximate surface area is 129 Å². The van der Waals surface area contributed by atoms with E-state index in [-0.39, 0.29) is 0 Å². The third-order valence-corrected chi connectivity index (χ3v) is 4.00. The van der Waals surface area contributed by atoms with Gasteiger partial charge in [-0.3, -0.25) is 4.99 Å². The highest BCUT2D eigenvalue weighted by molar-refractivity contribution is 5.79. The van der Waals surface area contributed by atoms with Gasteiger partial charge in [-0.1, -0.05) is 38.5 Å². The number of aliphatic imine (C=N–C) groups is 1. The first-order valence-electron chi connectivity index (χ1n) is 8.38. The van der Waals surface area contributed by atoms with Crippen molar-refractivity contribution in [2.45, 2.75) is 44.9 Å². The molecule has 0 aromatic rings. The van der Waals surface area contributed by atoms with Crippen molar-refractivity contribution in [3.05, 3.63) is 0 Å². The molecule has 1 aliphatic rings. The molecule has 1 aliphatic carbocycles.